The van der Waals surface area contributed by atoms with Gasteiger partial charge in [0.2, 0.25) is 0 Å². The van der Waals surface area contributed by atoms with Crippen LogP contribution in [0.3, 0.4) is 0 Å². The van der Waals surface area contributed by atoms with Crippen LogP contribution < -0.4 is 28.4 Å². The first-order chi connectivity index (χ1) is 34.5. The van der Waals surface area contributed by atoms with Crippen LogP contribution >= 0.6 is 0 Å². The van der Waals surface area contributed by atoms with Gasteiger partial charge in [0.25, 0.3) is 23.6 Å². The molecule has 0 spiro atoms. The standard InChI is InChI=1S/C30H27NO8.C25H16N2O5/c1-2-3-4-19-36-23-13-15-26(16-14-23)39-30(35)22-7-11-25(12-8-22)38-29(34)21-5-9-24(10-6-21)37-20-31-27(32)17-18-28(31)33;26-15-17-1-3-18(4-2-17)19-5-11-22(12-6-19)32-25(30)20-7-9-21(10-8-20)31-16-27-23(28)13-14-24(27)29/h5-18H,2-4,19-20H2,1H3;1-14H,16H2. The number of carbonyl (C=O) groups excluding carboxylic acids is 7. The normalized spacial score (nSPS) is 12.5. The topological polar surface area (TPSA) is 205 Å². The molecule has 6 aromatic rings. The fraction of sp³-hybridized carbons (Fsp3) is 0.127. The molecule has 0 aromatic heterocycles. The highest BCUT2D eigenvalue weighted by atomic mass is 16.5. The Morgan fingerprint density at radius 2 is 0.732 bits per heavy atom. The van der Waals surface area contributed by atoms with Crippen molar-refractivity contribution in [1.82, 2.24) is 9.80 Å². The summed E-state index contributed by atoms with van der Waals surface area (Å²) in [4.78, 5) is 85.5. The lowest BCUT2D eigenvalue weighted by atomic mass is 10.0. The van der Waals surface area contributed by atoms with Gasteiger partial charge >= 0.3 is 17.9 Å². The Hall–Kier alpha value is -9.62. The van der Waals surface area contributed by atoms with Crippen molar-refractivity contribution in [2.75, 3.05) is 20.1 Å². The summed E-state index contributed by atoms with van der Waals surface area (Å²) in [6, 6.07) is 41.4. The van der Waals surface area contributed by atoms with E-state index in [1.807, 2.05) is 24.3 Å². The second kappa shape index (κ2) is 23.9. The zero-order chi connectivity index (χ0) is 50.1. The summed E-state index contributed by atoms with van der Waals surface area (Å²) >= 11 is 0. The first kappa shape index (κ1) is 49.3. The quantitative estimate of drug-likeness (QED) is 0.0342. The number of rotatable bonds is 18. The lowest BCUT2D eigenvalue weighted by Crippen LogP contribution is -2.33. The summed E-state index contributed by atoms with van der Waals surface area (Å²) in [5.41, 5.74) is 3.35. The Morgan fingerprint density at radius 1 is 0.423 bits per heavy atom. The van der Waals surface area contributed by atoms with Crippen LogP contribution in [0.15, 0.2) is 170 Å². The SMILES string of the molecule is CCCCCOc1ccc(OC(=O)c2ccc(OC(=O)c3ccc(OCN4C(=O)C=CC4=O)cc3)cc2)cc1.N#Cc1ccc(-c2ccc(OC(=O)c3ccc(OCN4C(=O)C=CC4=O)cc3)cc2)cc1. The molecule has 6 aromatic carbocycles. The number of hydrogen-bond acceptors (Lipinski definition) is 14. The highest BCUT2D eigenvalue weighted by molar-refractivity contribution is 6.13. The minimum Gasteiger partial charge on any atom is -0.494 e. The van der Waals surface area contributed by atoms with E-state index in [1.165, 1.54) is 85.0 Å². The van der Waals surface area contributed by atoms with Gasteiger partial charge in [-0.2, -0.15) is 5.26 Å². The van der Waals surface area contributed by atoms with Gasteiger partial charge in [-0.1, -0.05) is 44.0 Å². The van der Waals surface area contributed by atoms with E-state index in [-0.39, 0.29) is 24.8 Å². The lowest BCUT2D eigenvalue weighted by Gasteiger charge is -2.14. The molecule has 71 heavy (non-hydrogen) atoms. The molecule has 16 heteroatoms. The Kier molecular flexibility index (Phi) is 16.6. The summed E-state index contributed by atoms with van der Waals surface area (Å²) < 4.78 is 32.7. The Labute approximate surface area is 407 Å². The van der Waals surface area contributed by atoms with Gasteiger partial charge in [0, 0.05) is 24.3 Å². The Morgan fingerprint density at radius 3 is 1.10 bits per heavy atom. The second-order valence-corrected chi connectivity index (χ2v) is 15.4. The van der Waals surface area contributed by atoms with Gasteiger partial charge in [0.1, 0.15) is 34.5 Å². The van der Waals surface area contributed by atoms with E-state index >= 15 is 0 Å². The predicted octanol–water partition coefficient (Wildman–Crippen LogP) is 8.66. The van der Waals surface area contributed by atoms with E-state index in [2.05, 4.69) is 13.0 Å². The third-order valence-corrected chi connectivity index (χ3v) is 10.5. The van der Waals surface area contributed by atoms with Crippen molar-refractivity contribution >= 4 is 41.5 Å². The maximum Gasteiger partial charge on any atom is 0.343 e. The Bertz CT molecular complexity index is 2960. The average molecular weight is 954 g/mol. The van der Waals surface area contributed by atoms with Gasteiger partial charge in [-0.05, 0) is 139 Å². The zero-order valence-corrected chi connectivity index (χ0v) is 38.1. The van der Waals surface area contributed by atoms with E-state index in [1.54, 1.807) is 60.7 Å². The van der Waals surface area contributed by atoms with Crippen LogP contribution in [0, 0.1) is 11.3 Å². The van der Waals surface area contributed by atoms with Crippen LogP contribution in [-0.2, 0) is 19.2 Å². The van der Waals surface area contributed by atoms with Gasteiger partial charge in [-0.25, -0.2) is 24.2 Å². The maximum absolute atomic E-state index is 12.5. The van der Waals surface area contributed by atoms with Crippen LogP contribution in [0.1, 0.15) is 62.8 Å². The molecule has 356 valence electrons. The van der Waals surface area contributed by atoms with E-state index in [0.717, 1.165) is 40.2 Å². The second-order valence-electron chi connectivity index (χ2n) is 15.4. The largest absolute Gasteiger partial charge is 0.494 e. The smallest absolute Gasteiger partial charge is 0.343 e. The minimum absolute atomic E-state index is 0.208. The predicted molar refractivity (Wildman–Crippen MR) is 255 cm³/mol. The van der Waals surface area contributed by atoms with Crippen molar-refractivity contribution in [3.05, 3.63) is 192 Å². The lowest BCUT2D eigenvalue weighted by molar-refractivity contribution is -0.141. The van der Waals surface area contributed by atoms with E-state index in [9.17, 15) is 33.6 Å². The molecule has 4 amide bonds. The average Bonchev–Trinajstić information content (AvgIpc) is 3.90. The molecule has 0 N–H and O–H groups in total. The highest BCUT2D eigenvalue weighted by Gasteiger charge is 2.25. The molecule has 0 saturated heterocycles. The molecule has 8 rings (SSSR count). The molecule has 0 fully saturated rings. The number of imide groups is 2. The van der Waals surface area contributed by atoms with Crippen LogP contribution in [0.4, 0.5) is 0 Å². The summed E-state index contributed by atoms with van der Waals surface area (Å²) in [6.07, 6.45) is 7.94. The fourth-order valence-electron chi connectivity index (χ4n) is 6.52. The number of carbonyl (C=O) groups is 7. The van der Waals surface area contributed by atoms with Crippen LogP contribution in [0.5, 0.6) is 34.5 Å². The first-order valence-electron chi connectivity index (χ1n) is 22.1. The van der Waals surface area contributed by atoms with Crippen LogP contribution in [0.2, 0.25) is 0 Å². The van der Waals surface area contributed by atoms with Crippen molar-refractivity contribution in [2.24, 2.45) is 0 Å². The van der Waals surface area contributed by atoms with Crippen LogP contribution in [0.25, 0.3) is 11.1 Å². The number of nitrogens with zero attached hydrogens (tertiary/aromatic N) is 3. The number of ether oxygens (including phenoxy) is 6. The summed E-state index contributed by atoms with van der Waals surface area (Å²) in [5, 5.41) is 8.89. The number of hydrogen-bond donors (Lipinski definition) is 0. The van der Waals surface area contributed by atoms with Gasteiger partial charge in [-0.3, -0.25) is 19.2 Å². The summed E-state index contributed by atoms with van der Waals surface area (Å²) in [6.45, 7) is 2.34. The molecular formula is C55H43N3O13. The number of esters is 3. The molecule has 0 unspecified atom stereocenters. The van der Waals surface area contributed by atoms with Crippen molar-refractivity contribution in [1.29, 1.82) is 5.26 Å². The number of unbranched alkanes of at least 4 members (excludes halogenated alkanes) is 2. The maximum atomic E-state index is 12.5. The highest BCUT2D eigenvalue weighted by Crippen LogP contribution is 2.25. The number of amides is 4. The zero-order valence-electron chi connectivity index (χ0n) is 38.1. The Balaban J connectivity index is 0.000000213. The van der Waals surface area contributed by atoms with Crippen molar-refractivity contribution in [3.63, 3.8) is 0 Å². The molecule has 0 aliphatic carbocycles. The number of nitriles is 1. The third-order valence-electron chi connectivity index (χ3n) is 10.5. The third kappa shape index (κ3) is 13.7. The van der Waals surface area contributed by atoms with Crippen molar-refractivity contribution < 1.29 is 62.0 Å². The molecule has 0 saturated carbocycles. The molecule has 2 aliphatic rings. The van der Waals surface area contributed by atoms with Crippen molar-refractivity contribution in [3.8, 4) is 51.7 Å². The molecule has 0 radical (unpaired) electrons. The molecule has 0 bridgehead atoms. The van der Waals surface area contributed by atoms with Gasteiger partial charge in [0.05, 0.1) is 34.9 Å². The number of benzene rings is 6. The monoisotopic (exact) mass is 953 g/mol. The van der Waals surface area contributed by atoms with Gasteiger partial charge in [-0.15, -0.1) is 0 Å². The minimum atomic E-state index is -0.608. The molecule has 0 atom stereocenters. The van der Waals surface area contributed by atoms with E-state index in [0.29, 0.717) is 52.0 Å². The molecule has 2 heterocycles. The van der Waals surface area contributed by atoms with Gasteiger partial charge < -0.3 is 28.4 Å². The van der Waals surface area contributed by atoms with Crippen molar-refractivity contribution in [2.45, 2.75) is 26.2 Å². The van der Waals surface area contributed by atoms with E-state index in [4.69, 9.17) is 33.7 Å². The summed E-state index contributed by atoms with van der Waals surface area (Å²) in [5.74, 6) is -0.920. The van der Waals surface area contributed by atoms with Crippen LogP contribution in [-0.4, -0.2) is 71.4 Å². The molecular weight excluding hydrogens is 911 g/mol. The van der Waals surface area contributed by atoms with Gasteiger partial charge in [0.15, 0.2) is 13.5 Å². The fourth-order valence-corrected chi connectivity index (χ4v) is 6.52. The first-order valence-corrected chi connectivity index (χ1v) is 22.1. The molecule has 2 aliphatic heterocycles. The van der Waals surface area contributed by atoms with E-state index < -0.39 is 41.5 Å². The molecule has 16 nitrogen and oxygen atoms in total. The summed E-state index contributed by atoms with van der Waals surface area (Å²) in [7, 11) is 0.